The van der Waals surface area contributed by atoms with Crippen molar-refractivity contribution in [1.29, 1.82) is 0 Å². The van der Waals surface area contributed by atoms with Crippen LogP contribution >= 0.6 is 0 Å². The maximum Gasteiger partial charge on any atom is 0.227 e. The summed E-state index contributed by atoms with van der Waals surface area (Å²) < 4.78 is 13.9. The Morgan fingerprint density at radius 1 is 1.00 bits per heavy atom. The summed E-state index contributed by atoms with van der Waals surface area (Å²) in [6.07, 6.45) is 1.28. The number of aromatic nitrogens is 2. The van der Waals surface area contributed by atoms with Crippen molar-refractivity contribution in [1.82, 2.24) is 9.55 Å². The number of hydrogen-bond acceptors (Lipinski definition) is 4. The predicted octanol–water partition coefficient (Wildman–Crippen LogP) is 5.65. The molecule has 1 amide bonds. The van der Waals surface area contributed by atoms with E-state index in [2.05, 4.69) is 42.7 Å². The first kappa shape index (κ1) is 23.0. The quantitative estimate of drug-likeness (QED) is 0.313. The SMILES string of the molecule is COc1ccccc1N1C[C@@H](c2nc3ccccc3n2CCCOc2cc(C)ccc2C)CC1=O. The van der Waals surface area contributed by atoms with E-state index in [0.29, 0.717) is 25.3 Å². The fourth-order valence-electron chi connectivity index (χ4n) is 4.87. The van der Waals surface area contributed by atoms with Gasteiger partial charge in [0.05, 0.1) is 30.4 Å². The van der Waals surface area contributed by atoms with Crippen molar-refractivity contribution in [2.24, 2.45) is 0 Å². The smallest absolute Gasteiger partial charge is 0.227 e. The first-order valence-corrected chi connectivity index (χ1v) is 12.1. The molecule has 1 atom stereocenters. The van der Waals surface area contributed by atoms with Crippen molar-refractivity contribution in [3.8, 4) is 11.5 Å². The lowest BCUT2D eigenvalue weighted by atomic mass is 10.1. The van der Waals surface area contributed by atoms with Crippen LogP contribution in [-0.2, 0) is 11.3 Å². The van der Waals surface area contributed by atoms with Crippen LogP contribution in [0.15, 0.2) is 66.7 Å². The molecule has 2 heterocycles. The number of para-hydroxylation sites is 4. The molecule has 0 radical (unpaired) electrons. The molecule has 35 heavy (non-hydrogen) atoms. The van der Waals surface area contributed by atoms with Gasteiger partial charge < -0.3 is 18.9 Å². The van der Waals surface area contributed by atoms with Gasteiger partial charge in [0.1, 0.15) is 17.3 Å². The zero-order valence-corrected chi connectivity index (χ0v) is 20.5. The van der Waals surface area contributed by atoms with Crippen LogP contribution in [-0.4, -0.2) is 35.7 Å². The average Bonchev–Trinajstić information content (AvgIpc) is 3.44. The van der Waals surface area contributed by atoms with Gasteiger partial charge in [0.2, 0.25) is 5.91 Å². The summed E-state index contributed by atoms with van der Waals surface area (Å²) in [6.45, 7) is 6.13. The second-order valence-electron chi connectivity index (χ2n) is 9.16. The number of amides is 1. The van der Waals surface area contributed by atoms with Crippen LogP contribution < -0.4 is 14.4 Å². The van der Waals surface area contributed by atoms with Crippen molar-refractivity contribution in [2.75, 3.05) is 25.2 Å². The van der Waals surface area contributed by atoms with Crippen LogP contribution in [0.1, 0.15) is 35.7 Å². The third-order valence-electron chi connectivity index (χ3n) is 6.68. The summed E-state index contributed by atoms with van der Waals surface area (Å²) in [5.74, 6) is 2.72. The Balaban J connectivity index is 1.36. The third-order valence-corrected chi connectivity index (χ3v) is 6.68. The van der Waals surface area contributed by atoms with Crippen molar-refractivity contribution >= 4 is 22.6 Å². The Hall–Kier alpha value is -3.80. The van der Waals surface area contributed by atoms with E-state index in [1.807, 2.05) is 47.4 Å². The molecule has 0 saturated carbocycles. The molecule has 1 aliphatic rings. The van der Waals surface area contributed by atoms with E-state index in [4.69, 9.17) is 14.5 Å². The molecule has 4 aromatic rings. The second-order valence-corrected chi connectivity index (χ2v) is 9.16. The van der Waals surface area contributed by atoms with E-state index < -0.39 is 0 Å². The summed E-state index contributed by atoms with van der Waals surface area (Å²) >= 11 is 0. The van der Waals surface area contributed by atoms with Crippen molar-refractivity contribution < 1.29 is 14.3 Å². The zero-order valence-electron chi connectivity index (χ0n) is 20.5. The van der Waals surface area contributed by atoms with Gasteiger partial charge in [-0.25, -0.2) is 4.98 Å². The van der Waals surface area contributed by atoms with Gasteiger partial charge >= 0.3 is 0 Å². The number of benzene rings is 3. The van der Waals surface area contributed by atoms with Gasteiger partial charge in [-0.3, -0.25) is 4.79 Å². The monoisotopic (exact) mass is 469 g/mol. The molecule has 0 N–H and O–H groups in total. The van der Waals surface area contributed by atoms with Gasteiger partial charge in [-0.1, -0.05) is 36.4 Å². The Labute approximate surface area is 206 Å². The number of aryl methyl sites for hydroxylation is 3. The molecule has 1 saturated heterocycles. The molecule has 0 spiro atoms. The fraction of sp³-hybridized carbons (Fsp3) is 0.310. The highest BCUT2D eigenvalue weighted by Crippen LogP contribution is 2.37. The molecule has 1 fully saturated rings. The molecule has 0 bridgehead atoms. The highest BCUT2D eigenvalue weighted by atomic mass is 16.5. The van der Waals surface area contributed by atoms with Crippen LogP contribution in [0, 0.1) is 13.8 Å². The normalized spacial score (nSPS) is 15.7. The van der Waals surface area contributed by atoms with E-state index >= 15 is 0 Å². The van der Waals surface area contributed by atoms with Gasteiger partial charge in [0.25, 0.3) is 0 Å². The standard InChI is InChI=1S/C29H31N3O3/c1-20-13-14-21(2)27(17-20)35-16-8-15-31-24-10-5-4-9-23(24)30-29(31)22-18-28(33)32(19-22)25-11-6-7-12-26(25)34-3/h4-7,9-14,17,22H,8,15-16,18-19H2,1-3H3/t22-/m0/s1. The minimum Gasteiger partial charge on any atom is -0.495 e. The maximum atomic E-state index is 13.0. The molecule has 0 aliphatic carbocycles. The molecule has 6 nitrogen and oxygen atoms in total. The fourth-order valence-corrected chi connectivity index (χ4v) is 4.87. The van der Waals surface area contributed by atoms with E-state index in [9.17, 15) is 4.79 Å². The van der Waals surface area contributed by atoms with E-state index in [-0.39, 0.29) is 11.8 Å². The molecule has 1 aliphatic heterocycles. The van der Waals surface area contributed by atoms with Gasteiger partial charge in [0, 0.05) is 25.4 Å². The number of nitrogens with zero attached hydrogens (tertiary/aromatic N) is 3. The molecular weight excluding hydrogens is 438 g/mol. The number of anilines is 1. The first-order valence-electron chi connectivity index (χ1n) is 12.1. The molecule has 1 aromatic heterocycles. The van der Waals surface area contributed by atoms with Gasteiger partial charge in [0.15, 0.2) is 0 Å². The van der Waals surface area contributed by atoms with Crippen LogP contribution in [0.4, 0.5) is 5.69 Å². The van der Waals surface area contributed by atoms with Crippen LogP contribution in [0.25, 0.3) is 11.0 Å². The minimum absolute atomic E-state index is 0.0137. The van der Waals surface area contributed by atoms with Gasteiger partial charge in [-0.2, -0.15) is 0 Å². The van der Waals surface area contributed by atoms with Crippen molar-refractivity contribution in [2.45, 2.75) is 39.2 Å². The van der Waals surface area contributed by atoms with Crippen LogP contribution in [0.5, 0.6) is 11.5 Å². The Kier molecular flexibility index (Phi) is 6.45. The van der Waals surface area contributed by atoms with Crippen molar-refractivity contribution in [3.05, 3.63) is 83.7 Å². The number of rotatable bonds is 8. The molecule has 5 rings (SSSR count). The van der Waals surface area contributed by atoms with Gasteiger partial charge in [-0.15, -0.1) is 0 Å². The van der Waals surface area contributed by atoms with E-state index in [1.54, 1.807) is 7.11 Å². The number of hydrogen-bond donors (Lipinski definition) is 0. The summed E-state index contributed by atoms with van der Waals surface area (Å²) in [7, 11) is 1.64. The average molecular weight is 470 g/mol. The zero-order chi connectivity index (χ0) is 24.4. The molecule has 0 unspecified atom stereocenters. The number of imidazole rings is 1. The number of ether oxygens (including phenoxy) is 2. The third kappa shape index (κ3) is 4.61. The van der Waals surface area contributed by atoms with Gasteiger partial charge in [-0.05, 0) is 61.7 Å². The predicted molar refractivity (Wildman–Crippen MR) is 138 cm³/mol. The Bertz CT molecular complexity index is 1360. The highest BCUT2D eigenvalue weighted by molar-refractivity contribution is 5.97. The van der Waals surface area contributed by atoms with E-state index in [1.165, 1.54) is 5.56 Å². The molecule has 6 heteroatoms. The molecular formula is C29H31N3O3. The van der Waals surface area contributed by atoms with Crippen molar-refractivity contribution in [3.63, 3.8) is 0 Å². The first-order chi connectivity index (χ1) is 17.0. The van der Waals surface area contributed by atoms with E-state index in [0.717, 1.165) is 46.8 Å². The summed E-state index contributed by atoms with van der Waals surface area (Å²) in [4.78, 5) is 19.8. The lowest BCUT2D eigenvalue weighted by molar-refractivity contribution is -0.117. The minimum atomic E-state index is 0.0137. The number of methoxy groups -OCH3 is 1. The second kappa shape index (κ2) is 9.82. The van der Waals surface area contributed by atoms with Crippen LogP contribution in [0.3, 0.4) is 0 Å². The summed E-state index contributed by atoms with van der Waals surface area (Å²) in [5.41, 5.74) is 5.20. The lowest BCUT2D eigenvalue weighted by Gasteiger charge is -2.20. The number of fused-ring (bicyclic) bond motifs is 1. The maximum absolute atomic E-state index is 13.0. The Morgan fingerprint density at radius 3 is 2.66 bits per heavy atom. The van der Waals surface area contributed by atoms with Crippen LogP contribution in [0.2, 0.25) is 0 Å². The highest BCUT2D eigenvalue weighted by Gasteiger charge is 2.35. The Morgan fingerprint density at radius 2 is 1.80 bits per heavy atom. The number of carbonyl (C=O) groups is 1. The summed E-state index contributed by atoms with van der Waals surface area (Å²) in [5, 5.41) is 0. The summed E-state index contributed by atoms with van der Waals surface area (Å²) in [6, 6.07) is 22.1. The lowest BCUT2D eigenvalue weighted by Crippen LogP contribution is -2.25. The number of carbonyl (C=O) groups excluding carboxylic acids is 1. The molecule has 180 valence electrons. The largest absolute Gasteiger partial charge is 0.495 e. The topological polar surface area (TPSA) is 56.6 Å². The molecule has 3 aromatic carbocycles.